The van der Waals surface area contributed by atoms with E-state index < -0.39 is 10.0 Å². The van der Waals surface area contributed by atoms with Gasteiger partial charge in [0.2, 0.25) is 15.9 Å². The predicted molar refractivity (Wildman–Crippen MR) is 134 cm³/mol. The second-order valence-corrected chi connectivity index (χ2v) is 9.75. The SMILES string of the molecule is CC(=O)Nc1ccc(NC(=O)COc2ccc(N(Cc3ccc(C)cc3)S(C)(=O)=O)cc2)cc1. The first kappa shape index (κ1) is 24.8. The van der Waals surface area contributed by atoms with E-state index in [2.05, 4.69) is 10.6 Å². The highest BCUT2D eigenvalue weighted by atomic mass is 32.2. The maximum absolute atomic E-state index is 12.4. The van der Waals surface area contributed by atoms with E-state index in [0.717, 1.165) is 11.1 Å². The van der Waals surface area contributed by atoms with E-state index in [-0.39, 0.29) is 25.0 Å². The van der Waals surface area contributed by atoms with Crippen LogP contribution in [0.2, 0.25) is 0 Å². The van der Waals surface area contributed by atoms with Gasteiger partial charge in [0.05, 0.1) is 18.5 Å². The fourth-order valence-electron chi connectivity index (χ4n) is 3.15. The summed E-state index contributed by atoms with van der Waals surface area (Å²) in [5.74, 6) is -0.0943. The third-order valence-corrected chi connectivity index (χ3v) is 5.97. The molecule has 0 saturated carbocycles. The number of nitrogens with zero attached hydrogens (tertiary/aromatic N) is 1. The van der Waals surface area contributed by atoms with Crippen molar-refractivity contribution < 1.29 is 22.7 Å². The Morgan fingerprint density at radius 3 is 1.94 bits per heavy atom. The van der Waals surface area contributed by atoms with E-state index in [1.807, 2.05) is 31.2 Å². The van der Waals surface area contributed by atoms with E-state index in [1.54, 1.807) is 48.5 Å². The summed E-state index contributed by atoms with van der Waals surface area (Å²) in [7, 11) is -3.50. The Labute approximate surface area is 199 Å². The summed E-state index contributed by atoms with van der Waals surface area (Å²) >= 11 is 0. The standard InChI is InChI=1S/C25H27N3O5S/c1-18-4-6-20(7-5-18)16-28(34(3,31)32)23-12-14-24(15-13-23)33-17-25(30)27-22-10-8-21(9-11-22)26-19(2)29/h4-15H,16-17H2,1-3H3,(H,26,29)(H,27,30). The molecule has 34 heavy (non-hydrogen) atoms. The van der Waals surface area contributed by atoms with Gasteiger partial charge in [-0.05, 0) is 61.0 Å². The van der Waals surface area contributed by atoms with Crippen LogP contribution in [0.4, 0.5) is 17.1 Å². The van der Waals surface area contributed by atoms with Crippen molar-refractivity contribution in [3.8, 4) is 5.75 Å². The van der Waals surface area contributed by atoms with Gasteiger partial charge in [0, 0.05) is 18.3 Å². The molecule has 0 unspecified atom stereocenters. The molecule has 0 saturated heterocycles. The first-order valence-electron chi connectivity index (χ1n) is 10.5. The second kappa shape index (κ2) is 10.8. The number of hydrogen-bond donors (Lipinski definition) is 2. The molecule has 3 aromatic rings. The van der Waals surface area contributed by atoms with Crippen LogP contribution < -0.4 is 19.7 Å². The van der Waals surface area contributed by atoms with Gasteiger partial charge in [-0.25, -0.2) is 8.42 Å². The molecule has 9 heteroatoms. The number of carbonyl (C=O) groups is 2. The Morgan fingerprint density at radius 1 is 0.853 bits per heavy atom. The van der Waals surface area contributed by atoms with Gasteiger partial charge in [0.1, 0.15) is 5.75 Å². The van der Waals surface area contributed by atoms with Crippen LogP contribution in [0.5, 0.6) is 5.75 Å². The lowest BCUT2D eigenvalue weighted by Gasteiger charge is -2.23. The first-order valence-corrected chi connectivity index (χ1v) is 12.4. The van der Waals surface area contributed by atoms with Crippen LogP contribution >= 0.6 is 0 Å². The number of benzene rings is 3. The molecule has 0 bridgehead atoms. The lowest BCUT2D eigenvalue weighted by molar-refractivity contribution is -0.118. The summed E-state index contributed by atoms with van der Waals surface area (Å²) in [5, 5.41) is 5.36. The number of nitrogens with one attached hydrogen (secondary N) is 2. The number of hydrogen-bond acceptors (Lipinski definition) is 5. The molecule has 3 rings (SSSR count). The molecule has 178 valence electrons. The summed E-state index contributed by atoms with van der Waals surface area (Å²) in [6, 6.07) is 20.9. The monoisotopic (exact) mass is 481 g/mol. The van der Waals surface area contributed by atoms with Crippen molar-refractivity contribution in [3.05, 3.63) is 83.9 Å². The number of amides is 2. The topological polar surface area (TPSA) is 105 Å². The van der Waals surface area contributed by atoms with Gasteiger partial charge in [-0.1, -0.05) is 29.8 Å². The molecule has 0 aliphatic rings. The average molecular weight is 482 g/mol. The van der Waals surface area contributed by atoms with Crippen molar-refractivity contribution in [2.24, 2.45) is 0 Å². The molecule has 0 atom stereocenters. The van der Waals surface area contributed by atoms with Gasteiger partial charge in [0.25, 0.3) is 5.91 Å². The first-order chi connectivity index (χ1) is 16.1. The molecule has 0 heterocycles. The highest BCUT2D eigenvalue weighted by Crippen LogP contribution is 2.24. The molecule has 8 nitrogen and oxygen atoms in total. The van der Waals surface area contributed by atoms with E-state index in [4.69, 9.17) is 4.74 Å². The van der Waals surface area contributed by atoms with Crippen LogP contribution in [-0.4, -0.2) is 33.1 Å². The number of sulfonamides is 1. The number of anilines is 3. The quantitative estimate of drug-likeness (QED) is 0.482. The minimum atomic E-state index is -3.50. The second-order valence-electron chi connectivity index (χ2n) is 7.84. The van der Waals surface area contributed by atoms with Crippen LogP contribution in [-0.2, 0) is 26.2 Å². The van der Waals surface area contributed by atoms with Crippen molar-refractivity contribution in [2.45, 2.75) is 20.4 Å². The summed E-state index contributed by atoms with van der Waals surface area (Å²) < 4.78 is 31.6. The van der Waals surface area contributed by atoms with Crippen LogP contribution in [0.25, 0.3) is 0 Å². The Kier molecular flexibility index (Phi) is 7.91. The van der Waals surface area contributed by atoms with Gasteiger partial charge in [-0.2, -0.15) is 0 Å². The Balaban J connectivity index is 1.59. The number of carbonyl (C=O) groups excluding carboxylic acids is 2. The van der Waals surface area contributed by atoms with E-state index in [9.17, 15) is 18.0 Å². The molecule has 0 aromatic heterocycles. The number of aryl methyl sites for hydroxylation is 1. The molecular weight excluding hydrogens is 454 g/mol. The summed E-state index contributed by atoms with van der Waals surface area (Å²) in [6.45, 7) is 3.39. The van der Waals surface area contributed by atoms with Gasteiger partial charge in [-0.3, -0.25) is 13.9 Å². The molecule has 2 N–H and O–H groups in total. The lowest BCUT2D eigenvalue weighted by atomic mass is 10.1. The van der Waals surface area contributed by atoms with E-state index in [1.165, 1.54) is 17.5 Å². The van der Waals surface area contributed by atoms with Crippen molar-refractivity contribution in [2.75, 3.05) is 27.8 Å². The summed E-state index contributed by atoms with van der Waals surface area (Å²) in [6.07, 6.45) is 1.17. The Hall–Kier alpha value is -3.85. The molecule has 2 amide bonds. The van der Waals surface area contributed by atoms with Crippen molar-refractivity contribution in [3.63, 3.8) is 0 Å². The molecule has 0 spiro atoms. The van der Waals surface area contributed by atoms with E-state index >= 15 is 0 Å². The van der Waals surface area contributed by atoms with Crippen molar-refractivity contribution in [1.29, 1.82) is 0 Å². The third-order valence-electron chi connectivity index (χ3n) is 4.83. The Morgan fingerprint density at radius 2 is 1.41 bits per heavy atom. The molecule has 0 aliphatic carbocycles. The fraction of sp³-hybridized carbons (Fsp3) is 0.200. The molecular formula is C25H27N3O5S. The minimum absolute atomic E-state index is 0.175. The maximum Gasteiger partial charge on any atom is 0.262 e. The van der Waals surface area contributed by atoms with E-state index in [0.29, 0.717) is 22.8 Å². The zero-order valence-corrected chi connectivity index (χ0v) is 20.1. The van der Waals surface area contributed by atoms with Gasteiger partial charge in [0.15, 0.2) is 6.61 Å². The predicted octanol–water partition coefficient (Wildman–Crippen LogP) is 3.94. The Bertz CT molecular complexity index is 1240. The van der Waals surface area contributed by atoms with Crippen molar-refractivity contribution >= 4 is 38.9 Å². The summed E-state index contributed by atoms with van der Waals surface area (Å²) in [5.41, 5.74) is 3.67. The number of ether oxygens (including phenoxy) is 1. The van der Waals surface area contributed by atoms with Crippen LogP contribution in [0.1, 0.15) is 18.1 Å². The highest BCUT2D eigenvalue weighted by molar-refractivity contribution is 7.92. The van der Waals surface area contributed by atoms with Crippen LogP contribution in [0.3, 0.4) is 0 Å². The zero-order valence-electron chi connectivity index (χ0n) is 19.2. The fourth-order valence-corrected chi connectivity index (χ4v) is 4.04. The average Bonchev–Trinajstić information content (AvgIpc) is 2.78. The van der Waals surface area contributed by atoms with Crippen LogP contribution in [0, 0.1) is 6.92 Å². The minimum Gasteiger partial charge on any atom is -0.484 e. The maximum atomic E-state index is 12.4. The molecule has 0 radical (unpaired) electrons. The molecule has 3 aromatic carbocycles. The molecule has 0 aliphatic heterocycles. The normalized spacial score (nSPS) is 10.9. The largest absolute Gasteiger partial charge is 0.484 e. The lowest BCUT2D eigenvalue weighted by Crippen LogP contribution is -2.29. The number of rotatable bonds is 9. The third kappa shape index (κ3) is 7.35. The summed E-state index contributed by atoms with van der Waals surface area (Å²) in [4.78, 5) is 23.3. The molecule has 0 fully saturated rings. The highest BCUT2D eigenvalue weighted by Gasteiger charge is 2.18. The van der Waals surface area contributed by atoms with Gasteiger partial charge < -0.3 is 15.4 Å². The van der Waals surface area contributed by atoms with Crippen LogP contribution in [0.15, 0.2) is 72.8 Å². The van der Waals surface area contributed by atoms with Crippen molar-refractivity contribution in [1.82, 2.24) is 0 Å². The van der Waals surface area contributed by atoms with Gasteiger partial charge >= 0.3 is 0 Å². The zero-order chi connectivity index (χ0) is 24.7. The van der Waals surface area contributed by atoms with Gasteiger partial charge in [-0.15, -0.1) is 0 Å². The smallest absolute Gasteiger partial charge is 0.262 e.